The molecule has 150 valence electrons. The summed E-state index contributed by atoms with van der Waals surface area (Å²) in [4.78, 5) is 22.4. The number of ketones is 1. The van der Waals surface area contributed by atoms with E-state index >= 15 is 0 Å². The summed E-state index contributed by atoms with van der Waals surface area (Å²) >= 11 is 0. The standard InChI is InChI=1S/C26H20N4O/c31-24(19-29-17-15-27-25(29)20-9-3-1-4-10-20)22-13-7-8-14-23(22)30-18-16-28-26(30)21-11-5-2-6-12-21/h1-18H,19H2. The van der Waals surface area contributed by atoms with Gasteiger partial charge in [-0.3, -0.25) is 9.36 Å². The van der Waals surface area contributed by atoms with E-state index in [0.717, 1.165) is 28.5 Å². The van der Waals surface area contributed by atoms with Gasteiger partial charge in [0.1, 0.15) is 11.6 Å². The summed E-state index contributed by atoms with van der Waals surface area (Å²) in [6, 6.07) is 27.5. The van der Waals surface area contributed by atoms with Crippen LogP contribution in [0.25, 0.3) is 28.5 Å². The maximum Gasteiger partial charge on any atom is 0.184 e. The molecule has 3 aromatic carbocycles. The van der Waals surface area contributed by atoms with Crippen molar-refractivity contribution in [2.45, 2.75) is 6.54 Å². The van der Waals surface area contributed by atoms with Crippen molar-refractivity contribution in [2.24, 2.45) is 0 Å². The van der Waals surface area contributed by atoms with E-state index in [-0.39, 0.29) is 12.3 Å². The normalized spacial score (nSPS) is 10.8. The number of rotatable bonds is 6. The Morgan fingerprint density at radius 2 is 1.26 bits per heavy atom. The van der Waals surface area contributed by atoms with E-state index in [4.69, 9.17) is 0 Å². The molecule has 0 bridgehead atoms. The van der Waals surface area contributed by atoms with Gasteiger partial charge in [0.25, 0.3) is 0 Å². The lowest BCUT2D eigenvalue weighted by atomic mass is 10.1. The molecule has 31 heavy (non-hydrogen) atoms. The Kier molecular flexibility index (Phi) is 4.99. The minimum Gasteiger partial charge on any atom is -0.323 e. The molecule has 0 radical (unpaired) electrons. The largest absolute Gasteiger partial charge is 0.323 e. The number of para-hydroxylation sites is 1. The minimum atomic E-state index is 0.0125. The third-order valence-corrected chi connectivity index (χ3v) is 5.20. The number of aromatic nitrogens is 4. The van der Waals surface area contributed by atoms with Crippen molar-refractivity contribution < 1.29 is 4.79 Å². The molecule has 0 aliphatic heterocycles. The second-order valence-electron chi connectivity index (χ2n) is 7.17. The van der Waals surface area contributed by atoms with Gasteiger partial charge in [-0.15, -0.1) is 0 Å². The van der Waals surface area contributed by atoms with Crippen LogP contribution in [0.15, 0.2) is 110 Å². The average Bonchev–Trinajstić information content (AvgIpc) is 3.50. The summed E-state index contributed by atoms with van der Waals surface area (Å²) in [5.74, 6) is 1.59. The maximum absolute atomic E-state index is 13.4. The van der Waals surface area contributed by atoms with Crippen LogP contribution in [0.2, 0.25) is 0 Å². The molecule has 0 aliphatic rings. The van der Waals surface area contributed by atoms with Crippen LogP contribution in [0.4, 0.5) is 0 Å². The smallest absolute Gasteiger partial charge is 0.184 e. The number of nitrogens with zero attached hydrogens (tertiary/aromatic N) is 4. The van der Waals surface area contributed by atoms with Gasteiger partial charge >= 0.3 is 0 Å². The van der Waals surface area contributed by atoms with Crippen LogP contribution < -0.4 is 0 Å². The molecule has 0 N–H and O–H groups in total. The molecule has 0 saturated carbocycles. The Balaban J connectivity index is 1.50. The predicted molar refractivity (Wildman–Crippen MR) is 121 cm³/mol. The van der Waals surface area contributed by atoms with Gasteiger partial charge in [0.05, 0.1) is 12.2 Å². The van der Waals surface area contributed by atoms with Crippen LogP contribution in [0.1, 0.15) is 10.4 Å². The Labute approximate surface area is 180 Å². The lowest BCUT2D eigenvalue weighted by Gasteiger charge is -2.14. The molecule has 5 rings (SSSR count). The summed E-state index contributed by atoms with van der Waals surface area (Å²) in [5, 5.41) is 0. The Bertz CT molecular complexity index is 1320. The zero-order chi connectivity index (χ0) is 21.0. The molecule has 5 nitrogen and oxygen atoms in total. The first-order valence-corrected chi connectivity index (χ1v) is 10.1. The van der Waals surface area contributed by atoms with E-state index in [9.17, 15) is 4.79 Å². The molecule has 0 fully saturated rings. The fourth-order valence-corrected chi connectivity index (χ4v) is 3.74. The molecule has 2 aromatic heterocycles. The Hall–Kier alpha value is -4.25. The monoisotopic (exact) mass is 404 g/mol. The molecule has 0 spiro atoms. The van der Waals surface area contributed by atoms with Gasteiger partial charge in [-0.2, -0.15) is 0 Å². The third kappa shape index (κ3) is 3.69. The van der Waals surface area contributed by atoms with E-state index in [2.05, 4.69) is 9.97 Å². The highest BCUT2D eigenvalue weighted by molar-refractivity contribution is 5.99. The number of hydrogen-bond acceptors (Lipinski definition) is 3. The lowest BCUT2D eigenvalue weighted by molar-refractivity contribution is 0.0972. The Morgan fingerprint density at radius 1 is 0.677 bits per heavy atom. The lowest BCUT2D eigenvalue weighted by Crippen LogP contribution is -2.14. The van der Waals surface area contributed by atoms with Crippen molar-refractivity contribution in [3.8, 4) is 28.5 Å². The van der Waals surface area contributed by atoms with Crippen molar-refractivity contribution in [3.05, 3.63) is 115 Å². The van der Waals surface area contributed by atoms with E-state index < -0.39 is 0 Å². The predicted octanol–water partition coefficient (Wildman–Crippen LogP) is 5.29. The van der Waals surface area contributed by atoms with Gasteiger partial charge in [0.15, 0.2) is 5.78 Å². The number of carbonyl (C=O) groups excluding carboxylic acids is 1. The van der Waals surface area contributed by atoms with Crippen molar-refractivity contribution in [1.29, 1.82) is 0 Å². The molecule has 0 aliphatic carbocycles. The fraction of sp³-hybridized carbons (Fsp3) is 0.0385. The molecular weight excluding hydrogens is 384 g/mol. The third-order valence-electron chi connectivity index (χ3n) is 5.20. The molecule has 0 amide bonds. The van der Waals surface area contributed by atoms with Crippen LogP contribution in [0, 0.1) is 0 Å². The first-order valence-electron chi connectivity index (χ1n) is 10.1. The van der Waals surface area contributed by atoms with Gasteiger partial charge < -0.3 is 4.57 Å². The van der Waals surface area contributed by atoms with Crippen LogP contribution in [0.3, 0.4) is 0 Å². The van der Waals surface area contributed by atoms with Crippen molar-refractivity contribution in [1.82, 2.24) is 19.1 Å². The van der Waals surface area contributed by atoms with Crippen molar-refractivity contribution in [3.63, 3.8) is 0 Å². The van der Waals surface area contributed by atoms with Crippen LogP contribution in [-0.4, -0.2) is 24.9 Å². The zero-order valence-electron chi connectivity index (χ0n) is 16.8. The van der Waals surface area contributed by atoms with E-state index in [1.54, 1.807) is 12.4 Å². The molecule has 0 atom stereocenters. The summed E-state index contributed by atoms with van der Waals surface area (Å²) in [7, 11) is 0. The summed E-state index contributed by atoms with van der Waals surface area (Å²) in [5.41, 5.74) is 3.43. The molecule has 0 unspecified atom stereocenters. The number of carbonyl (C=O) groups is 1. The van der Waals surface area contributed by atoms with Gasteiger partial charge in [-0.25, -0.2) is 9.97 Å². The van der Waals surface area contributed by atoms with Crippen LogP contribution in [0.5, 0.6) is 0 Å². The van der Waals surface area contributed by atoms with Gasteiger partial charge in [0.2, 0.25) is 0 Å². The van der Waals surface area contributed by atoms with E-state index in [1.165, 1.54) is 0 Å². The molecule has 5 aromatic rings. The van der Waals surface area contributed by atoms with Crippen LogP contribution in [-0.2, 0) is 6.54 Å². The summed E-state index contributed by atoms with van der Waals surface area (Å²) in [6.45, 7) is 0.205. The number of benzene rings is 3. The number of hydrogen-bond donors (Lipinski definition) is 0. The Morgan fingerprint density at radius 3 is 2.00 bits per heavy atom. The summed E-state index contributed by atoms with van der Waals surface area (Å²) < 4.78 is 3.86. The van der Waals surface area contributed by atoms with Crippen molar-refractivity contribution in [2.75, 3.05) is 0 Å². The van der Waals surface area contributed by atoms with Gasteiger partial charge in [0, 0.05) is 41.5 Å². The first-order chi connectivity index (χ1) is 15.3. The topological polar surface area (TPSA) is 52.7 Å². The van der Waals surface area contributed by atoms with Gasteiger partial charge in [-0.1, -0.05) is 72.8 Å². The molecule has 0 saturated heterocycles. The highest BCUT2D eigenvalue weighted by Gasteiger charge is 2.17. The summed E-state index contributed by atoms with van der Waals surface area (Å²) in [6.07, 6.45) is 7.22. The van der Waals surface area contributed by atoms with E-state index in [1.807, 2.05) is 106 Å². The molecular formula is C26H20N4O. The number of imidazole rings is 2. The second kappa shape index (κ2) is 8.24. The fourth-order valence-electron chi connectivity index (χ4n) is 3.74. The number of Topliss-reactive ketones (excluding diaryl/α,β-unsaturated/α-hetero) is 1. The first kappa shape index (κ1) is 18.8. The van der Waals surface area contributed by atoms with Crippen molar-refractivity contribution >= 4 is 5.78 Å². The zero-order valence-corrected chi connectivity index (χ0v) is 16.8. The highest BCUT2D eigenvalue weighted by atomic mass is 16.1. The average molecular weight is 404 g/mol. The van der Waals surface area contributed by atoms with Gasteiger partial charge in [-0.05, 0) is 12.1 Å². The highest BCUT2D eigenvalue weighted by Crippen LogP contribution is 2.25. The SMILES string of the molecule is O=C(Cn1ccnc1-c1ccccc1)c1ccccc1-n1ccnc1-c1ccccc1. The second-order valence-corrected chi connectivity index (χ2v) is 7.17. The van der Waals surface area contributed by atoms with E-state index in [0.29, 0.717) is 5.56 Å². The maximum atomic E-state index is 13.4. The quantitative estimate of drug-likeness (QED) is 0.362. The molecule has 5 heteroatoms. The van der Waals surface area contributed by atoms with Crippen LogP contribution >= 0.6 is 0 Å². The molecule has 2 heterocycles. The minimum absolute atomic E-state index is 0.0125.